The van der Waals surface area contributed by atoms with Crippen molar-refractivity contribution in [2.75, 3.05) is 18.4 Å². The smallest absolute Gasteiger partial charge is 0.419 e. The van der Waals surface area contributed by atoms with Gasteiger partial charge in [0.15, 0.2) is 5.78 Å². The molecule has 1 N–H and O–H groups in total. The predicted molar refractivity (Wildman–Crippen MR) is 105 cm³/mol. The lowest BCUT2D eigenvalue weighted by Gasteiger charge is -2.44. The minimum Gasteiger partial charge on any atom is -0.485 e. The molecule has 1 fully saturated rings. The summed E-state index contributed by atoms with van der Waals surface area (Å²) >= 11 is 5.83. The number of ketones is 1. The number of anilines is 1. The van der Waals surface area contributed by atoms with Crippen molar-refractivity contribution in [2.45, 2.75) is 31.0 Å². The average molecular weight is 439 g/mol. The number of likely N-dealkylation sites (tertiary alicyclic amines) is 1. The van der Waals surface area contributed by atoms with Crippen LogP contribution in [0, 0.1) is 0 Å². The standard InChI is InChI=1S/C21H18ClF3N2O3/c22-13-4-6-14(7-5-13)26-19(29)27-10-8-20(9-11-27)12-17(28)15-2-1-3-16(18(15)30-20)21(23,24)25/h1-7H,8-12H2,(H,26,29). The number of Topliss-reactive ketones (excluding diaryl/α,β-unsaturated/α-hetero) is 1. The van der Waals surface area contributed by atoms with Gasteiger partial charge < -0.3 is 15.0 Å². The molecule has 0 saturated carbocycles. The molecule has 2 aliphatic rings. The van der Waals surface area contributed by atoms with Gasteiger partial charge in [-0.1, -0.05) is 17.7 Å². The van der Waals surface area contributed by atoms with Crippen LogP contribution in [0.1, 0.15) is 35.2 Å². The third-order valence-corrected chi connectivity index (χ3v) is 5.73. The number of carbonyl (C=O) groups is 2. The Morgan fingerprint density at radius 2 is 1.77 bits per heavy atom. The molecule has 1 spiro atoms. The predicted octanol–water partition coefficient (Wildman–Crippen LogP) is 5.39. The summed E-state index contributed by atoms with van der Waals surface area (Å²) in [6, 6.07) is 9.80. The maximum absolute atomic E-state index is 13.4. The molecule has 9 heteroatoms. The van der Waals surface area contributed by atoms with E-state index in [-0.39, 0.29) is 49.7 Å². The summed E-state index contributed by atoms with van der Waals surface area (Å²) in [5.41, 5.74) is -1.45. The molecular formula is C21H18ClF3N2O3. The van der Waals surface area contributed by atoms with Crippen LogP contribution in [0.3, 0.4) is 0 Å². The zero-order valence-corrected chi connectivity index (χ0v) is 16.5. The first-order valence-corrected chi connectivity index (χ1v) is 9.79. The highest BCUT2D eigenvalue weighted by Gasteiger charge is 2.47. The second kappa shape index (κ2) is 7.50. The van der Waals surface area contributed by atoms with Crippen molar-refractivity contribution in [2.24, 2.45) is 0 Å². The number of carbonyl (C=O) groups excluding carboxylic acids is 2. The van der Waals surface area contributed by atoms with Gasteiger partial charge in [0.1, 0.15) is 11.4 Å². The maximum Gasteiger partial charge on any atom is 0.419 e. The SMILES string of the molecule is O=C1CC2(CCN(C(=O)Nc3ccc(Cl)cc3)CC2)Oc2c1cccc2C(F)(F)F. The number of ether oxygens (including phenoxy) is 1. The van der Waals surface area contributed by atoms with Crippen LogP contribution in [0.5, 0.6) is 5.75 Å². The number of nitrogens with one attached hydrogen (secondary N) is 1. The highest BCUT2D eigenvalue weighted by Crippen LogP contribution is 2.45. The molecule has 2 aliphatic heterocycles. The summed E-state index contributed by atoms with van der Waals surface area (Å²) in [5, 5.41) is 3.30. The maximum atomic E-state index is 13.4. The van der Waals surface area contributed by atoms with Crippen molar-refractivity contribution < 1.29 is 27.5 Å². The number of nitrogens with zero attached hydrogens (tertiary/aromatic N) is 1. The average Bonchev–Trinajstić information content (AvgIpc) is 2.69. The van der Waals surface area contributed by atoms with Crippen LogP contribution in [-0.4, -0.2) is 35.4 Å². The molecule has 5 nitrogen and oxygen atoms in total. The number of hydrogen-bond donors (Lipinski definition) is 1. The number of piperidine rings is 1. The van der Waals surface area contributed by atoms with E-state index >= 15 is 0 Å². The van der Waals surface area contributed by atoms with Gasteiger partial charge in [0.2, 0.25) is 0 Å². The first kappa shape index (κ1) is 20.5. The second-order valence-corrected chi connectivity index (χ2v) is 7.93. The first-order valence-electron chi connectivity index (χ1n) is 9.41. The van der Waals surface area contributed by atoms with Gasteiger partial charge in [0.25, 0.3) is 0 Å². The number of rotatable bonds is 1. The minimum atomic E-state index is -4.62. The minimum absolute atomic E-state index is 0.00600. The topological polar surface area (TPSA) is 58.6 Å². The zero-order chi connectivity index (χ0) is 21.5. The lowest BCUT2D eigenvalue weighted by atomic mass is 9.82. The van der Waals surface area contributed by atoms with Crippen molar-refractivity contribution in [3.63, 3.8) is 0 Å². The Balaban J connectivity index is 1.48. The van der Waals surface area contributed by atoms with E-state index in [1.54, 1.807) is 29.2 Å². The van der Waals surface area contributed by atoms with Crippen molar-refractivity contribution >= 4 is 29.1 Å². The fourth-order valence-electron chi connectivity index (χ4n) is 3.86. The van der Waals surface area contributed by atoms with Gasteiger partial charge in [-0.15, -0.1) is 0 Å². The van der Waals surface area contributed by atoms with E-state index in [1.165, 1.54) is 12.1 Å². The number of urea groups is 1. The number of fused-ring (bicyclic) bond motifs is 1. The van der Waals surface area contributed by atoms with Crippen LogP contribution in [0.25, 0.3) is 0 Å². The van der Waals surface area contributed by atoms with E-state index in [2.05, 4.69) is 5.32 Å². The van der Waals surface area contributed by atoms with Crippen LogP contribution < -0.4 is 10.1 Å². The van der Waals surface area contributed by atoms with Crippen LogP contribution in [0.2, 0.25) is 5.02 Å². The Labute approximate surface area is 175 Å². The van der Waals surface area contributed by atoms with Gasteiger partial charge in [0.05, 0.1) is 17.5 Å². The number of halogens is 4. The molecule has 0 bridgehead atoms. The van der Waals surface area contributed by atoms with Crippen LogP contribution in [-0.2, 0) is 6.18 Å². The Morgan fingerprint density at radius 3 is 2.40 bits per heavy atom. The molecule has 0 unspecified atom stereocenters. The van der Waals surface area contributed by atoms with Crippen molar-refractivity contribution in [1.82, 2.24) is 4.90 Å². The molecule has 4 rings (SSSR count). The van der Waals surface area contributed by atoms with E-state index < -0.39 is 23.1 Å². The van der Waals surface area contributed by atoms with E-state index in [9.17, 15) is 22.8 Å². The molecule has 0 aliphatic carbocycles. The Bertz CT molecular complexity index is 984. The first-order chi connectivity index (χ1) is 14.2. The molecule has 2 amide bonds. The van der Waals surface area contributed by atoms with Gasteiger partial charge in [-0.05, 0) is 36.4 Å². The summed E-state index contributed by atoms with van der Waals surface area (Å²) in [6.45, 7) is 0.520. The van der Waals surface area contributed by atoms with Gasteiger partial charge >= 0.3 is 12.2 Å². The molecular weight excluding hydrogens is 421 g/mol. The molecule has 1 saturated heterocycles. The quantitative estimate of drug-likeness (QED) is 0.649. The fourth-order valence-corrected chi connectivity index (χ4v) is 3.99. The lowest BCUT2D eigenvalue weighted by Crippen LogP contribution is -2.53. The van der Waals surface area contributed by atoms with Crippen molar-refractivity contribution in [1.29, 1.82) is 0 Å². The molecule has 0 atom stereocenters. The van der Waals surface area contributed by atoms with Crippen molar-refractivity contribution in [3.8, 4) is 5.75 Å². The van der Waals surface area contributed by atoms with Crippen LogP contribution in [0.15, 0.2) is 42.5 Å². The summed E-state index contributed by atoms with van der Waals surface area (Å²) in [7, 11) is 0. The van der Waals surface area contributed by atoms with Crippen LogP contribution in [0.4, 0.5) is 23.7 Å². The van der Waals surface area contributed by atoms with E-state index in [0.717, 1.165) is 6.07 Å². The molecule has 158 valence electrons. The van der Waals surface area contributed by atoms with E-state index in [0.29, 0.717) is 10.7 Å². The Kier molecular flexibility index (Phi) is 5.13. The molecule has 30 heavy (non-hydrogen) atoms. The van der Waals surface area contributed by atoms with Gasteiger partial charge in [0, 0.05) is 36.6 Å². The Hall–Kier alpha value is -2.74. The number of hydrogen-bond acceptors (Lipinski definition) is 3. The monoisotopic (exact) mass is 438 g/mol. The van der Waals surface area contributed by atoms with E-state index in [4.69, 9.17) is 16.3 Å². The number of amides is 2. The lowest BCUT2D eigenvalue weighted by molar-refractivity contribution is -0.140. The fraction of sp³-hybridized carbons (Fsp3) is 0.333. The molecule has 2 aromatic rings. The molecule has 0 radical (unpaired) electrons. The van der Waals surface area contributed by atoms with E-state index in [1.807, 2.05) is 0 Å². The normalized spacial score (nSPS) is 18.0. The summed E-state index contributed by atoms with van der Waals surface area (Å²) < 4.78 is 46.0. The third kappa shape index (κ3) is 3.96. The third-order valence-electron chi connectivity index (χ3n) is 5.48. The highest BCUT2D eigenvalue weighted by atomic mass is 35.5. The number of para-hydroxylation sites is 1. The van der Waals surface area contributed by atoms with Crippen molar-refractivity contribution in [3.05, 3.63) is 58.6 Å². The molecule has 2 aromatic carbocycles. The molecule has 2 heterocycles. The van der Waals surface area contributed by atoms with Gasteiger partial charge in [-0.25, -0.2) is 4.79 Å². The largest absolute Gasteiger partial charge is 0.485 e. The highest BCUT2D eigenvalue weighted by molar-refractivity contribution is 6.30. The van der Waals surface area contributed by atoms with Crippen LogP contribution >= 0.6 is 11.6 Å². The zero-order valence-electron chi connectivity index (χ0n) is 15.8. The summed E-state index contributed by atoms with van der Waals surface area (Å²) in [6.07, 6.45) is -4.10. The number of benzene rings is 2. The van der Waals surface area contributed by atoms with Gasteiger partial charge in [-0.3, -0.25) is 4.79 Å². The van der Waals surface area contributed by atoms with Gasteiger partial charge in [-0.2, -0.15) is 13.2 Å². The summed E-state index contributed by atoms with van der Waals surface area (Å²) in [5.74, 6) is -0.776. The molecule has 0 aromatic heterocycles. The summed E-state index contributed by atoms with van der Waals surface area (Å²) in [4.78, 5) is 26.6. The Morgan fingerprint density at radius 1 is 1.10 bits per heavy atom. The second-order valence-electron chi connectivity index (χ2n) is 7.49. The number of alkyl halides is 3.